The SMILES string of the molecule is Cc1cnnc(-c2cccc(C(=O)N(C)Cc3nnc(-c4ccccc4)o3)c2)c1C. The van der Waals surface area contributed by atoms with Crippen molar-refractivity contribution in [3.05, 3.63) is 83.4 Å². The van der Waals surface area contributed by atoms with E-state index < -0.39 is 0 Å². The van der Waals surface area contributed by atoms with Gasteiger partial charge in [-0.1, -0.05) is 30.3 Å². The highest BCUT2D eigenvalue weighted by molar-refractivity contribution is 5.95. The summed E-state index contributed by atoms with van der Waals surface area (Å²) in [6.07, 6.45) is 1.73. The van der Waals surface area contributed by atoms with Gasteiger partial charge < -0.3 is 9.32 Å². The summed E-state index contributed by atoms with van der Waals surface area (Å²) in [6.45, 7) is 4.20. The molecular weight excluding hydrogens is 378 g/mol. The third kappa shape index (κ3) is 3.96. The first-order valence-electron chi connectivity index (χ1n) is 9.55. The van der Waals surface area contributed by atoms with Crippen molar-refractivity contribution in [3.63, 3.8) is 0 Å². The predicted octanol–water partition coefficient (Wildman–Crippen LogP) is 4.08. The number of hydrogen-bond donors (Lipinski definition) is 0. The molecule has 0 bridgehead atoms. The molecule has 0 atom stereocenters. The zero-order chi connectivity index (χ0) is 21.1. The first-order valence-corrected chi connectivity index (χ1v) is 9.55. The summed E-state index contributed by atoms with van der Waals surface area (Å²) in [5.41, 5.74) is 5.12. The van der Waals surface area contributed by atoms with Gasteiger partial charge in [0.15, 0.2) is 0 Å². The molecule has 0 saturated heterocycles. The van der Waals surface area contributed by atoms with Crippen LogP contribution in [0.4, 0.5) is 0 Å². The van der Waals surface area contributed by atoms with Crippen molar-refractivity contribution >= 4 is 5.91 Å². The van der Waals surface area contributed by atoms with E-state index in [2.05, 4.69) is 20.4 Å². The molecule has 7 heteroatoms. The molecule has 0 aliphatic rings. The smallest absolute Gasteiger partial charge is 0.254 e. The summed E-state index contributed by atoms with van der Waals surface area (Å²) in [6, 6.07) is 16.9. The molecule has 0 aliphatic carbocycles. The van der Waals surface area contributed by atoms with Crippen molar-refractivity contribution < 1.29 is 9.21 Å². The first kappa shape index (κ1) is 19.4. The van der Waals surface area contributed by atoms with E-state index in [9.17, 15) is 4.79 Å². The number of amides is 1. The van der Waals surface area contributed by atoms with Crippen LogP contribution in [-0.4, -0.2) is 38.2 Å². The second kappa shape index (κ2) is 8.24. The number of carbonyl (C=O) groups is 1. The van der Waals surface area contributed by atoms with Crippen LogP contribution < -0.4 is 0 Å². The van der Waals surface area contributed by atoms with E-state index >= 15 is 0 Å². The maximum atomic E-state index is 13.0. The second-order valence-corrected chi connectivity index (χ2v) is 7.11. The lowest BCUT2D eigenvalue weighted by Crippen LogP contribution is -2.26. The third-order valence-electron chi connectivity index (χ3n) is 4.95. The van der Waals surface area contributed by atoms with Crippen molar-refractivity contribution in [1.82, 2.24) is 25.3 Å². The number of rotatable bonds is 5. The van der Waals surface area contributed by atoms with Gasteiger partial charge in [-0.25, -0.2) is 0 Å². The quantitative estimate of drug-likeness (QED) is 0.503. The summed E-state index contributed by atoms with van der Waals surface area (Å²) in [7, 11) is 1.71. The van der Waals surface area contributed by atoms with Gasteiger partial charge in [0.25, 0.3) is 5.91 Å². The molecule has 2 heterocycles. The average Bonchev–Trinajstić information content (AvgIpc) is 3.24. The minimum absolute atomic E-state index is 0.144. The van der Waals surface area contributed by atoms with E-state index in [-0.39, 0.29) is 12.5 Å². The van der Waals surface area contributed by atoms with Crippen LogP contribution in [0.25, 0.3) is 22.7 Å². The average molecular weight is 399 g/mol. The minimum atomic E-state index is -0.144. The monoisotopic (exact) mass is 399 g/mol. The summed E-state index contributed by atoms with van der Waals surface area (Å²) in [5, 5.41) is 16.4. The van der Waals surface area contributed by atoms with Crippen LogP contribution in [0, 0.1) is 13.8 Å². The molecule has 2 aromatic heterocycles. The van der Waals surface area contributed by atoms with Crippen LogP contribution in [0.15, 0.2) is 65.2 Å². The highest BCUT2D eigenvalue weighted by Gasteiger charge is 2.17. The molecule has 0 N–H and O–H groups in total. The van der Waals surface area contributed by atoms with E-state index in [1.54, 1.807) is 24.2 Å². The van der Waals surface area contributed by atoms with Gasteiger partial charge in [-0.15, -0.1) is 10.2 Å². The van der Waals surface area contributed by atoms with Crippen LogP contribution >= 0.6 is 0 Å². The Morgan fingerprint density at radius 3 is 2.53 bits per heavy atom. The van der Waals surface area contributed by atoms with Gasteiger partial charge in [0.2, 0.25) is 11.8 Å². The molecule has 0 spiro atoms. The first-order chi connectivity index (χ1) is 14.5. The molecule has 0 aliphatic heterocycles. The minimum Gasteiger partial charge on any atom is -0.419 e. The molecule has 7 nitrogen and oxygen atoms in total. The van der Waals surface area contributed by atoms with Gasteiger partial charge in [-0.2, -0.15) is 10.2 Å². The van der Waals surface area contributed by atoms with Gasteiger partial charge in [-0.05, 0) is 49.2 Å². The van der Waals surface area contributed by atoms with E-state index in [0.717, 1.165) is 27.9 Å². The lowest BCUT2D eigenvalue weighted by molar-refractivity contribution is 0.0773. The van der Waals surface area contributed by atoms with E-state index in [1.165, 1.54) is 0 Å². The zero-order valence-electron chi connectivity index (χ0n) is 17.0. The number of benzene rings is 2. The second-order valence-electron chi connectivity index (χ2n) is 7.11. The Kier molecular flexibility index (Phi) is 5.34. The molecule has 0 unspecified atom stereocenters. The fourth-order valence-corrected chi connectivity index (χ4v) is 3.12. The molecule has 0 fully saturated rings. The standard InChI is InChI=1S/C23H21N5O2/c1-15-13-24-26-21(16(15)2)18-10-7-11-19(12-18)23(29)28(3)14-20-25-27-22(30-20)17-8-5-4-6-9-17/h4-13H,14H2,1-3H3. The Balaban J connectivity index is 1.52. The molecule has 1 amide bonds. The van der Waals surface area contributed by atoms with Gasteiger partial charge >= 0.3 is 0 Å². The maximum absolute atomic E-state index is 13.0. The molecule has 4 aromatic rings. The molecule has 0 radical (unpaired) electrons. The third-order valence-corrected chi connectivity index (χ3v) is 4.95. The maximum Gasteiger partial charge on any atom is 0.254 e. The van der Waals surface area contributed by atoms with Gasteiger partial charge in [0.05, 0.1) is 18.4 Å². The van der Waals surface area contributed by atoms with Crippen LogP contribution in [0.3, 0.4) is 0 Å². The highest BCUT2D eigenvalue weighted by atomic mass is 16.4. The van der Waals surface area contributed by atoms with Crippen molar-refractivity contribution in [2.45, 2.75) is 20.4 Å². The Labute approximate surface area is 174 Å². The zero-order valence-corrected chi connectivity index (χ0v) is 17.0. The number of nitrogens with zero attached hydrogens (tertiary/aromatic N) is 5. The fourth-order valence-electron chi connectivity index (χ4n) is 3.12. The Bertz CT molecular complexity index is 1190. The van der Waals surface area contributed by atoms with Crippen molar-refractivity contribution in [3.8, 4) is 22.7 Å². The largest absolute Gasteiger partial charge is 0.419 e. The molecule has 150 valence electrons. The van der Waals surface area contributed by atoms with Crippen LogP contribution in [0.2, 0.25) is 0 Å². The molecule has 30 heavy (non-hydrogen) atoms. The van der Waals surface area contributed by atoms with E-state index in [1.807, 2.05) is 62.4 Å². The summed E-state index contributed by atoms with van der Waals surface area (Å²) < 4.78 is 5.71. The number of aryl methyl sites for hydroxylation is 1. The fraction of sp³-hybridized carbons (Fsp3) is 0.174. The Morgan fingerprint density at radius 1 is 0.967 bits per heavy atom. The number of hydrogen-bond acceptors (Lipinski definition) is 6. The Hall–Kier alpha value is -3.87. The molecular formula is C23H21N5O2. The van der Waals surface area contributed by atoms with Gasteiger partial charge in [0.1, 0.15) is 0 Å². The number of carbonyl (C=O) groups excluding carboxylic acids is 1. The predicted molar refractivity (Wildman–Crippen MR) is 112 cm³/mol. The normalized spacial score (nSPS) is 10.8. The van der Waals surface area contributed by atoms with Gasteiger partial charge in [0, 0.05) is 23.7 Å². The van der Waals surface area contributed by atoms with Gasteiger partial charge in [-0.3, -0.25) is 4.79 Å². The summed E-state index contributed by atoms with van der Waals surface area (Å²) in [5.74, 6) is 0.665. The van der Waals surface area contributed by atoms with E-state index in [0.29, 0.717) is 17.3 Å². The van der Waals surface area contributed by atoms with Crippen molar-refractivity contribution in [1.29, 1.82) is 0 Å². The summed E-state index contributed by atoms with van der Waals surface area (Å²) in [4.78, 5) is 14.5. The van der Waals surface area contributed by atoms with Crippen LogP contribution in [-0.2, 0) is 6.54 Å². The lowest BCUT2D eigenvalue weighted by Gasteiger charge is -2.15. The lowest BCUT2D eigenvalue weighted by atomic mass is 10.0. The topological polar surface area (TPSA) is 85.0 Å². The van der Waals surface area contributed by atoms with Crippen molar-refractivity contribution in [2.75, 3.05) is 7.05 Å². The molecule has 4 rings (SSSR count). The molecule has 2 aromatic carbocycles. The van der Waals surface area contributed by atoms with Crippen LogP contribution in [0.5, 0.6) is 0 Å². The highest BCUT2D eigenvalue weighted by Crippen LogP contribution is 2.24. The van der Waals surface area contributed by atoms with Crippen LogP contribution in [0.1, 0.15) is 27.4 Å². The number of aromatic nitrogens is 4. The molecule has 0 saturated carbocycles. The van der Waals surface area contributed by atoms with Crippen molar-refractivity contribution in [2.24, 2.45) is 0 Å². The Morgan fingerprint density at radius 2 is 1.73 bits per heavy atom. The van der Waals surface area contributed by atoms with E-state index in [4.69, 9.17) is 4.42 Å². The summed E-state index contributed by atoms with van der Waals surface area (Å²) >= 11 is 0.